The van der Waals surface area contributed by atoms with Gasteiger partial charge in [-0.25, -0.2) is 13.6 Å². The summed E-state index contributed by atoms with van der Waals surface area (Å²) in [7, 11) is 0. The fourth-order valence-electron chi connectivity index (χ4n) is 1.77. The maximum Gasteiger partial charge on any atom is 0.336 e. The van der Waals surface area contributed by atoms with Crippen molar-refractivity contribution < 1.29 is 18.7 Å². The number of carboxylic acid groups (broad SMARTS) is 1. The van der Waals surface area contributed by atoms with Crippen LogP contribution in [0.3, 0.4) is 0 Å². The van der Waals surface area contributed by atoms with Crippen LogP contribution in [-0.4, -0.2) is 11.1 Å². The Bertz CT molecular complexity index is 580. The Labute approximate surface area is 103 Å². The van der Waals surface area contributed by atoms with Crippen LogP contribution < -0.4 is 0 Å². The van der Waals surface area contributed by atoms with E-state index >= 15 is 0 Å². The van der Waals surface area contributed by atoms with Gasteiger partial charge >= 0.3 is 5.97 Å². The lowest BCUT2D eigenvalue weighted by molar-refractivity contribution is 0.0695. The maximum atomic E-state index is 13.7. The summed E-state index contributed by atoms with van der Waals surface area (Å²) >= 11 is 0. The van der Waals surface area contributed by atoms with Gasteiger partial charge in [-0.3, -0.25) is 0 Å². The minimum atomic E-state index is -1.26. The van der Waals surface area contributed by atoms with Crippen LogP contribution in [0.4, 0.5) is 8.78 Å². The van der Waals surface area contributed by atoms with E-state index in [4.69, 9.17) is 5.11 Å². The number of carbonyl (C=O) groups is 1. The SMILES string of the molecule is O=C(O)c1ccc(F)c(F)c1Cc1ccccc1. The number of benzene rings is 2. The quantitative estimate of drug-likeness (QED) is 0.905. The van der Waals surface area contributed by atoms with Crippen molar-refractivity contribution in [2.24, 2.45) is 0 Å². The Hall–Kier alpha value is -2.23. The highest BCUT2D eigenvalue weighted by Gasteiger charge is 2.18. The zero-order valence-corrected chi connectivity index (χ0v) is 9.36. The molecule has 4 heteroatoms. The van der Waals surface area contributed by atoms with E-state index in [0.717, 1.165) is 17.7 Å². The lowest BCUT2D eigenvalue weighted by Gasteiger charge is -2.08. The first-order valence-corrected chi connectivity index (χ1v) is 5.33. The first-order valence-electron chi connectivity index (χ1n) is 5.33. The van der Waals surface area contributed by atoms with Gasteiger partial charge in [0.1, 0.15) is 0 Å². The molecule has 92 valence electrons. The summed E-state index contributed by atoms with van der Waals surface area (Å²) in [5, 5.41) is 8.97. The molecule has 1 N–H and O–H groups in total. The number of halogens is 2. The molecule has 0 atom stereocenters. The molecule has 0 fully saturated rings. The molecule has 0 heterocycles. The summed E-state index contributed by atoms with van der Waals surface area (Å²) in [5.41, 5.74) is 0.385. The van der Waals surface area contributed by atoms with Gasteiger partial charge in [-0.2, -0.15) is 0 Å². The van der Waals surface area contributed by atoms with E-state index < -0.39 is 17.6 Å². The monoisotopic (exact) mass is 248 g/mol. The van der Waals surface area contributed by atoms with Gasteiger partial charge in [0, 0.05) is 12.0 Å². The molecule has 0 aliphatic carbocycles. The molecule has 0 aliphatic heterocycles. The molecule has 2 aromatic rings. The lowest BCUT2D eigenvalue weighted by atomic mass is 9.99. The van der Waals surface area contributed by atoms with Crippen molar-refractivity contribution in [3.63, 3.8) is 0 Å². The highest BCUT2D eigenvalue weighted by atomic mass is 19.2. The Morgan fingerprint density at radius 1 is 1.06 bits per heavy atom. The highest BCUT2D eigenvalue weighted by Crippen LogP contribution is 2.20. The molecule has 0 aromatic heterocycles. The van der Waals surface area contributed by atoms with Crippen LogP contribution in [-0.2, 0) is 6.42 Å². The third kappa shape index (κ3) is 2.37. The number of aromatic carboxylic acids is 1. The standard InChI is InChI=1S/C14H10F2O2/c15-12-7-6-10(14(17)18)11(13(12)16)8-9-4-2-1-3-5-9/h1-7H,8H2,(H,17,18). The molecule has 0 saturated carbocycles. The minimum Gasteiger partial charge on any atom is -0.478 e. The van der Waals surface area contributed by atoms with E-state index in [-0.39, 0.29) is 17.5 Å². The predicted molar refractivity (Wildman–Crippen MR) is 62.6 cm³/mol. The van der Waals surface area contributed by atoms with E-state index in [9.17, 15) is 13.6 Å². The number of hydrogen-bond donors (Lipinski definition) is 1. The van der Waals surface area contributed by atoms with Gasteiger partial charge in [0.2, 0.25) is 0 Å². The zero-order valence-electron chi connectivity index (χ0n) is 9.36. The Morgan fingerprint density at radius 2 is 1.72 bits per heavy atom. The third-order valence-corrected chi connectivity index (χ3v) is 2.65. The normalized spacial score (nSPS) is 10.3. The lowest BCUT2D eigenvalue weighted by Crippen LogP contribution is -2.07. The summed E-state index contributed by atoms with van der Waals surface area (Å²) in [6.45, 7) is 0. The molecule has 0 bridgehead atoms. The molecular formula is C14H10F2O2. The predicted octanol–water partition coefficient (Wildman–Crippen LogP) is 3.25. The van der Waals surface area contributed by atoms with Crippen LogP contribution in [0.15, 0.2) is 42.5 Å². The molecule has 0 amide bonds. The Balaban J connectivity index is 2.48. The average molecular weight is 248 g/mol. The van der Waals surface area contributed by atoms with Gasteiger partial charge in [0.05, 0.1) is 5.56 Å². The maximum absolute atomic E-state index is 13.7. The minimum absolute atomic E-state index is 0.0477. The Morgan fingerprint density at radius 3 is 2.33 bits per heavy atom. The molecule has 2 rings (SSSR count). The topological polar surface area (TPSA) is 37.3 Å². The van der Waals surface area contributed by atoms with Crippen molar-refractivity contribution in [1.29, 1.82) is 0 Å². The van der Waals surface area contributed by atoms with Crippen LogP contribution >= 0.6 is 0 Å². The second-order valence-corrected chi connectivity index (χ2v) is 3.86. The number of hydrogen-bond acceptors (Lipinski definition) is 1. The van der Waals surface area contributed by atoms with Crippen LogP contribution in [0, 0.1) is 11.6 Å². The largest absolute Gasteiger partial charge is 0.478 e. The van der Waals surface area contributed by atoms with Gasteiger partial charge in [-0.15, -0.1) is 0 Å². The van der Waals surface area contributed by atoms with Crippen molar-refractivity contribution in [3.8, 4) is 0 Å². The van der Waals surface area contributed by atoms with Gasteiger partial charge < -0.3 is 5.11 Å². The fourth-order valence-corrected chi connectivity index (χ4v) is 1.77. The summed E-state index contributed by atoms with van der Waals surface area (Å²) < 4.78 is 26.8. The van der Waals surface area contributed by atoms with Crippen LogP contribution in [0.25, 0.3) is 0 Å². The number of carboxylic acids is 1. The van der Waals surface area contributed by atoms with Gasteiger partial charge in [-0.05, 0) is 17.7 Å². The van der Waals surface area contributed by atoms with Crippen LogP contribution in [0.2, 0.25) is 0 Å². The summed E-state index contributed by atoms with van der Waals surface area (Å²) in [6.07, 6.45) is 0.0477. The molecular weight excluding hydrogens is 238 g/mol. The van der Waals surface area contributed by atoms with Crippen molar-refractivity contribution in [2.75, 3.05) is 0 Å². The van der Waals surface area contributed by atoms with Crippen molar-refractivity contribution in [1.82, 2.24) is 0 Å². The molecule has 18 heavy (non-hydrogen) atoms. The van der Waals surface area contributed by atoms with Gasteiger partial charge in [0.15, 0.2) is 11.6 Å². The molecule has 2 aromatic carbocycles. The number of rotatable bonds is 3. The molecule has 0 unspecified atom stereocenters. The summed E-state index contributed by atoms with van der Waals surface area (Å²) in [5.74, 6) is -3.40. The molecule has 0 saturated heterocycles. The second kappa shape index (κ2) is 4.96. The first kappa shape index (κ1) is 12.2. The van der Waals surface area contributed by atoms with Crippen LogP contribution in [0.5, 0.6) is 0 Å². The second-order valence-electron chi connectivity index (χ2n) is 3.86. The summed E-state index contributed by atoms with van der Waals surface area (Å²) in [6, 6.07) is 10.7. The molecule has 2 nitrogen and oxygen atoms in total. The fraction of sp³-hybridized carbons (Fsp3) is 0.0714. The van der Waals surface area contributed by atoms with Crippen molar-refractivity contribution >= 4 is 5.97 Å². The van der Waals surface area contributed by atoms with Crippen molar-refractivity contribution in [3.05, 3.63) is 70.8 Å². The average Bonchev–Trinajstić information content (AvgIpc) is 2.36. The van der Waals surface area contributed by atoms with Gasteiger partial charge in [0.25, 0.3) is 0 Å². The summed E-state index contributed by atoms with van der Waals surface area (Å²) in [4.78, 5) is 11.0. The van der Waals surface area contributed by atoms with E-state index in [1.54, 1.807) is 30.3 Å². The molecule has 0 spiro atoms. The van der Waals surface area contributed by atoms with Crippen molar-refractivity contribution in [2.45, 2.75) is 6.42 Å². The highest BCUT2D eigenvalue weighted by molar-refractivity contribution is 5.89. The van der Waals surface area contributed by atoms with Gasteiger partial charge in [-0.1, -0.05) is 30.3 Å². The van der Waals surface area contributed by atoms with E-state index in [1.165, 1.54) is 0 Å². The molecule has 0 aliphatic rings. The van der Waals surface area contributed by atoms with E-state index in [0.29, 0.717) is 0 Å². The first-order chi connectivity index (χ1) is 8.59. The van der Waals surface area contributed by atoms with Crippen LogP contribution in [0.1, 0.15) is 21.5 Å². The molecule has 0 radical (unpaired) electrons. The Kier molecular flexibility index (Phi) is 3.37. The zero-order chi connectivity index (χ0) is 13.1. The third-order valence-electron chi connectivity index (χ3n) is 2.65. The van der Waals surface area contributed by atoms with E-state index in [2.05, 4.69) is 0 Å². The smallest absolute Gasteiger partial charge is 0.336 e. The van der Waals surface area contributed by atoms with E-state index in [1.807, 2.05) is 0 Å².